The van der Waals surface area contributed by atoms with Crippen LogP contribution in [0.1, 0.15) is 49.7 Å². The second-order valence-corrected chi connectivity index (χ2v) is 5.27. The monoisotopic (exact) mass is 233 g/mol. The third-order valence-corrected chi connectivity index (χ3v) is 4.16. The molecule has 0 amide bonds. The molecule has 0 saturated carbocycles. The van der Waals surface area contributed by atoms with Crippen molar-refractivity contribution in [1.29, 1.82) is 0 Å². The Balaban J connectivity index is 2.19. The Morgan fingerprint density at radius 3 is 2.88 bits per heavy atom. The second-order valence-electron chi connectivity index (χ2n) is 5.27. The lowest BCUT2D eigenvalue weighted by molar-refractivity contribution is 0.0276. The standard InChI is InChI=1S/C15H23NO/c1-2-15(17,11-16)10-13-8-5-7-12-6-3-4-9-14(12)13/h3-4,6,9,13,17H,2,5,7-8,10-11,16H2,1H3. The molecule has 1 aliphatic rings. The van der Waals surface area contributed by atoms with E-state index >= 15 is 0 Å². The first-order valence-electron chi connectivity index (χ1n) is 6.69. The lowest BCUT2D eigenvalue weighted by Crippen LogP contribution is -2.39. The Labute approximate surface area is 104 Å². The largest absolute Gasteiger partial charge is 0.389 e. The van der Waals surface area contributed by atoms with Crippen LogP contribution in [0.2, 0.25) is 0 Å². The van der Waals surface area contributed by atoms with Gasteiger partial charge in [0.05, 0.1) is 5.60 Å². The summed E-state index contributed by atoms with van der Waals surface area (Å²) in [5.74, 6) is 0.480. The Morgan fingerprint density at radius 2 is 2.18 bits per heavy atom. The third-order valence-electron chi connectivity index (χ3n) is 4.16. The molecule has 3 N–H and O–H groups in total. The zero-order valence-electron chi connectivity index (χ0n) is 10.7. The molecular weight excluding hydrogens is 210 g/mol. The fourth-order valence-electron chi connectivity index (χ4n) is 2.90. The van der Waals surface area contributed by atoms with E-state index in [0.29, 0.717) is 12.5 Å². The fraction of sp³-hybridized carbons (Fsp3) is 0.600. The molecule has 0 aliphatic heterocycles. The summed E-state index contributed by atoms with van der Waals surface area (Å²) >= 11 is 0. The Hall–Kier alpha value is -0.860. The molecule has 0 saturated heterocycles. The molecule has 0 bridgehead atoms. The molecule has 0 spiro atoms. The van der Waals surface area contributed by atoms with Gasteiger partial charge in [0, 0.05) is 6.54 Å². The van der Waals surface area contributed by atoms with Crippen LogP contribution in [-0.4, -0.2) is 17.3 Å². The molecule has 1 aromatic carbocycles. The fourth-order valence-corrected chi connectivity index (χ4v) is 2.90. The van der Waals surface area contributed by atoms with Crippen LogP contribution in [0.25, 0.3) is 0 Å². The molecule has 2 rings (SSSR count). The SMILES string of the molecule is CCC(O)(CN)CC1CCCc2ccccc21. The predicted molar refractivity (Wildman–Crippen MR) is 71.0 cm³/mol. The van der Waals surface area contributed by atoms with Crippen molar-refractivity contribution in [2.75, 3.05) is 6.54 Å². The van der Waals surface area contributed by atoms with Crippen LogP contribution in [0, 0.1) is 0 Å². The van der Waals surface area contributed by atoms with E-state index in [2.05, 4.69) is 24.3 Å². The molecule has 94 valence electrons. The summed E-state index contributed by atoms with van der Waals surface area (Å²) in [6, 6.07) is 8.64. The van der Waals surface area contributed by atoms with Gasteiger partial charge in [0.2, 0.25) is 0 Å². The van der Waals surface area contributed by atoms with Gasteiger partial charge in [-0.15, -0.1) is 0 Å². The maximum atomic E-state index is 10.4. The maximum absolute atomic E-state index is 10.4. The average Bonchev–Trinajstić information content (AvgIpc) is 2.39. The molecule has 0 fully saturated rings. The van der Waals surface area contributed by atoms with Crippen molar-refractivity contribution in [3.63, 3.8) is 0 Å². The molecule has 1 aromatic rings. The average molecular weight is 233 g/mol. The number of rotatable bonds is 4. The van der Waals surface area contributed by atoms with Gasteiger partial charge >= 0.3 is 0 Å². The predicted octanol–water partition coefficient (Wildman–Crippen LogP) is 2.60. The number of aliphatic hydroxyl groups is 1. The maximum Gasteiger partial charge on any atom is 0.0772 e. The minimum Gasteiger partial charge on any atom is -0.389 e. The van der Waals surface area contributed by atoms with Gasteiger partial charge in [-0.3, -0.25) is 0 Å². The van der Waals surface area contributed by atoms with E-state index in [1.165, 1.54) is 30.4 Å². The molecule has 2 atom stereocenters. The van der Waals surface area contributed by atoms with Crippen molar-refractivity contribution < 1.29 is 5.11 Å². The lowest BCUT2D eigenvalue weighted by atomic mass is 9.76. The highest BCUT2D eigenvalue weighted by Crippen LogP contribution is 2.37. The van der Waals surface area contributed by atoms with Gasteiger partial charge in [0.15, 0.2) is 0 Å². The first kappa shape index (κ1) is 12.6. The Morgan fingerprint density at radius 1 is 1.41 bits per heavy atom. The van der Waals surface area contributed by atoms with E-state index in [1.54, 1.807) is 0 Å². The number of hydrogen-bond donors (Lipinski definition) is 2. The van der Waals surface area contributed by atoms with Gasteiger partial charge < -0.3 is 10.8 Å². The summed E-state index contributed by atoms with van der Waals surface area (Å²) < 4.78 is 0. The quantitative estimate of drug-likeness (QED) is 0.839. The number of aryl methyl sites for hydroxylation is 1. The van der Waals surface area contributed by atoms with E-state index in [4.69, 9.17) is 5.73 Å². The van der Waals surface area contributed by atoms with Gasteiger partial charge in [0.1, 0.15) is 0 Å². The van der Waals surface area contributed by atoms with Crippen LogP contribution in [0.15, 0.2) is 24.3 Å². The van der Waals surface area contributed by atoms with Crippen LogP contribution in [-0.2, 0) is 6.42 Å². The highest BCUT2D eigenvalue weighted by atomic mass is 16.3. The van der Waals surface area contributed by atoms with Crippen LogP contribution < -0.4 is 5.73 Å². The van der Waals surface area contributed by atoms with Gasteiger partial charge in [-0.25, -0.2) is 0 Å². The molecule has 0 heterocycles. The van der Waals surface area contributed by atoms with E-state index in [-0.39, 0.29) is 0 Å². The van der Waals surface area contributed by atoms with Crippen molar-refractivity contribution >= 4 is 0 Å². The Kier molecular flexibility index (Phi) is 3.85. The molecule has 0 aromatic heterocycles. The van der Waals surface area contributed by atoms with Crippen molar-refractivity contribution in [2.45, 2.75) is 50.5 Å². The number of nitrogens with two attached hydrogens (primary N) is 1. The second kappa shape index (κ2) is 5.19. The van der Waals surface area contributed by atoms with Crippen molar-refractivity contribution in [2.24, 2.45) is 5.73 Å². The smallest absolute Gasteiger partial charge is 0.0772 e. The van der Waals surface area contributed by atoms with E-state index in [9.17, 15) is 5.11 Å². The number of benzene rings is 1. The summed E-state index contributed by atoms with van der Waals surface area (Å²) in [6.45, 7) is 2.38. The minimum atomic E-state index is -0.685. The van der Waals surface area contributed by atoms with Crippen molar-refractivity contribution in [3.8, 4) is 0 Å². The van der Waals surface area contributed by atoms with Gasteiger partial charge in [0.25, 0.3) is 0 Å². The van der Waals surface area contributed by atoms with Crippen LogP contribution in [0.4, 0.5) is 0 Å². The topological polar surface area (TPSA) is 46.2 Å². The normalized spacial score (nSPS) is 22.9. The summed E-state index contributed by atoms with van der Waals surface area (Å²) in [4.78, 5) is 0. The van der Waals surface area contributed by atoms with E-state index < -0.39 is 5.60 Å². The molecule has 0 radical (unpaired) electrons. The first-order chi connectivity index (χ1) is 8.18. The summed E-state index contributed by atoms with van der Waals surface area (Å²) in [7, 11) is 0. The zero-order valence-corrected chi connectivity index (χ0v) is 10.7. The first-order valence-corrected chi connectivity index (χ1v) is 6.69. The molecule has 2 heteroatoms. The summed E-state index contributed by atoms with van der Waals surface area (Å²) in [5, 5.41) is 10.4. The molecule has 17 heavy (non-hydrogen) atoms. The highest BCUT2D eigenvalue weighted by molar-refractivity contribution is 5.32. The van der Waals surface area contributed by atoms with Crippen LogP contribution in [0.3, 0.4) is 0 Å². The molecule has 1 aliphatic carbocycles. The number of fused-ring (bicyclic) bond motifs is 1. The minimum absolute atomic E-state index is 0.363. The van der Waals surface area contributed by atoms with E-state index in [1.807, 2.05) is 6.92 Å². The molecule has 2 unspecified atom stereocenters. The van der Waals surface area contributed by atoms with Gasteiger partial charge in [-0.1, -0.05) is 31.2 Å². The zero-order chi connectivity index (χ0) is 12.3. The van der Waals surface area contributed by atoms with Crippen LogP contribution >= 0.6 is 0 Å². The van der Waals surface area contributed by atoms with Crippen molar-refractivity contribution in [1.82, 2.24) is 0 Å². The van der Waals surface area contributed by atoms with Crippen LogP contribution in [0.5, 0.6) is 0 Å². The summed E-state index contributed by atoms with van der Waals surface area (Å²) in [6.07, 6.45) is 5.13. The number of hydrogen-bond acceptors (Lipinski definition) is 2. The summed E-state index contributed by atoms with van der Waals surface area (Å²) in [5.41, 5.74) is 7.91. The van der Waals surface area contributed by atoms with E-state index in [0.717, 1.165) is 12.8 Å². The highest BCUT2D eigenvalue weighted by Gasteiger charge is 2.30. The molecule has 2 nitrogen and oxygen atoms in total. The van der Waals surface area contributed by atoms with Gasteiger partial charge in [-0.05, 0) is 49.1 Å². The van der Waals surface area contributed by atoms with Crippen molar-refractivity contribution in [3.05, 3.63) is 35.4 Å². The molecular formula is C15H23NO. The third kappa shape index (κ3) is 2.70. The van der Waals surface area contributed by atoms with Gasteiger partial charge in [-0.2, -0.15) is 0 Å². The Bertz CT molecular complexity index is 371. The lowest BCUT2D eigenvalue weighted by Gasteiger charge is -2.33.